The van der Waals surface area contributed by atoms with Crippen LogP contribution in [0.15, 0.2) is 23.1 Å². The van der Waals surface area contributed by atoms with Crippen LogP contribution in [0.3, 0.4) is 0 Å². The van der Waals surface area contributed by atoms with E-state index in [9.17, 15) is 0 Å². The van der Waals surface area contributed by atoms with Gasteiger partial charge in [-0.15, -0.1) is 12.6 Å². The van der Waals surface area contributed by atoms with Gasteiger partial charge in [-0.3, -0.25) is 4.79 Å². The minimum Gasteiger partial charge on any atom is -0.724 e. The van der Waals surface area contributed by atoms with Crippen molar-refractivity contribution < 1.29 is 9.90 Å². The molecular weight excluding hydrogens is 174 g/mol. The van der Waals surface area contributed by atoms with Gasteiger partial charge >= 0.3 is 0 Å². The predicted molar refractivity (Wildman–Crippen MR) is 49.1 cm³/mol. The van der Waals surface area contributed by atoms with Gasteiger partial charge in [-0.2, -0.15) is 0 Å². The highest BCUT2D eigenvalue weighted by Crippen LogP contribution is 2.20. The summed E-state index contributed by atoms with van der Waals surface area (Å²) in [4.78, 5) is 8.87. The first-order valence-corrected chi connectivity index (χ1v) is 3.56. The number of hydrogen-bond acceptors (Lipinski definition) is 3. The molecule has 12 heavy (non-hydrogen) atoms. The van der Waals surface area contributed by atoms with Gasteiger partial charge in [0.15, 0.2) is 0 Å². The summed E-state index contributed by atoms with van der Waals surface area (Å²) in [6.07, 6.45) is 0.500. The summed E-state index contributed by atoms with van der Waals surface area (Å²) in [5.74, 6) is 0.240. The lowest BCUT2D eigenvalue weighted by atomic mass is 10.2. The van der Waals surface area contributed by atoms with Crippen molar-refractivity contribution in [3.63, 3.8) is 0 Å². The van der Waals surface area contributed by atoms with E-state index in [1.54, 1.807) is 6.07 Å². The monoisotopic (exact) mass is 182 g/mol. The van der Waals surface area contributed by atoms with Gasteiger partial charge < -0.3 is 10.5 Å². The van der Waals surface area contributed by atoms with Crippen molar-refractivity contribution in [2.45, 2.75) is 11.8 Å². The number of rotatable bonds is 0. The normalized spacial score (nSPS) is 7.83. The van der Waals surface area contributed by atoms with Gasteiger partial charge in [0.25, 0.3) is 0 Å². The third-order valence-corrected chi connectivity index (χ3v) is 1.49. The van der Waals surface area contributed by atoms with Crippen LogP contribution in [0.4, 0.5) is 0 Å². The summed E-state index contributed by atoms with van der Waals surface area (Å²) < 4.78 is 0. The van der Waals surface area contributed by atoms with Crippen LogP contribution in [0.25, 0.3) is 5.41 Å². The summed E-state index contributed by atoms with van der Waals surface area (Å²) in [6, 6.07) is 5.30. The summed E-state index contributed by atoms with van der Waals surface area (Å²) in [5, 5.41) is 15.7. The fraction of sp³-hybridized carbons (Fsp3) is 0.125. The molecule has 3 nitrogen and oxygen atoms in total. The molecule has 1 aromatic carbocycles. The molecule has 0 heterocycles. The molecule has 1 aromatic rings. The second-order valence-electron chi connectivity index (χ2n) is 2.08. The topological polar surface area (TPSA) is 59.6 Å². The lowest BCUT2D eigenvalue weighted by Crippen LogP contribution is -1.71. The Morgan fingerprint density at radius 3 is 2.42 bits per heavy atom. The molecule has 0 bridgehead atoms. The summed E-state index contributed by atoms with van der Waals surface area (Å²) in [6.45, 7) is 1.96. The minimum absolute atomic E-state index is 0.240. The molecule has 0 saturated carbocycles. The number of hydrogen-bond donors (Lipinski definition) is 2. The van der Waals surface area contributed by atoms with E-state index in [1.807, 2.05) is 19.1 Å². The van der Waals surface area contributed by atoms with E-state index in [0.29, 0.717) is 11.0 Å². The molecule has 0 spiro atoms. The molecule has 0 aromatic heterocycles. The summed E-state index contributed by atoms with van der Waals surface area (Å²) in [5.41, 5.74) is 1.11. The zero-order valence-corrected chi connectivity index (χ0v) is 7.38. The molecule has 4 heteroatoms. The van der Waals surface area contributed by atoms with Crippen LogP contribution in [0, 0.1) is 6.92 Å². The highest BCUT2D eigenvalue weighted by atomic mass is 32.1. The fourth-order valence-corrected chi connectivity index (χ4v) is 0.912. The number of phenols is 1. The Balaban J connectivity index is 0.000000354. The maximum Gasteiger partial charge on any atom is 0.128 e. The van der Waals surface area contributed by atoms with E-state index in [4.69, 9.17) is 15.3 Å². The van der Waals surface area contributed by atoms with Gasteiger partial charge in [-0.05, 0) is 30.7 Å². The molecule has 0 unspecified atom stereocenters. The number of carbonyl (C=O) groups excluding carboxylic acids is 1. The number of aromatic hydroxyl groups is 1. The first-order valence-electron chi connectivity index (χ1n) is 3.11. The van der Waals surface area contributed by atoms with Crippen molar-refractivity contribution in [1.82, 2.24) is 0 Å². The highest BCUT2D eigenvalue weighted by molar-refractivity contribution is 7.80. The van der Waals surface area contributed by atoms with Gasteiger partial charge in [0.1, 0.15) is 5.75 Å². The standard InChI is InChI=1S/C7H8OS.CNO/c1-5-2-3-6(8)7(9)4-5;2-1-3/h2-4,8-9H,1H3;/q;-1. The highest BCUT2D eigenvalue weighted by Gasteiger charge is 1.92. The molecule has 0 atom stereocenters. The fourth-order valence-electron chi connectivity index (χ4n) is 0.633. The number of aryl methyl sites for hydroxylation is 1. The Morgan fingerprint density at radius 2 is 2.08 bits per heavy atom. The maximum atomic E-state index is 8.97. The maximum absolute atomic E-state index is 8.97. The molecule has 1 rings (SSSR count). The van der Waals surface area contributed by atoms with Crippen molar-refractivity contribution in [2.75, 3.05) is 0 Å². The lowest BCUT2D eigenvalue weighted by Gasteiger charge is -1.96. The van der Waals surface area contributed by atoms with Gasteiger partial charge in [0.05, 0.1) is 0 Å². The minimum atomic E-state index is 0.240. The third kappa shape index (κ3) is 3.81. The van der Waals surface area contributed by atoms with Crippen LogP contribution in [-0.2, 0) is 4.79 Å². The lowest BCUT2D eigenvalue weighted by molar-refractivity contribution is 0.462. The van der Waals surface area contributed by atoms with Gasteiger partial charge in [0, 0.05) is 4.90 Å². The number of benzene rings is 1. The zero-order chi connectivity index (χ0) is 9.56. The van der Waals surface area contributed by atoms with Crippen molar-refractivity contribution in [3.8, 4) is 5.75 Å². The molecule has 0 radical (unpaired) electrons. The molecular formula is C8H8NO2S-. The van der Waals surface area contributed by atoms with Crippen LogP contribution in [0.5, 0.6) is 5.75 Å². The van der Waals surface area contributed by atoms with E-state index in [0.717, 1.165) is 5.56 Å². The van der Waals surface area contributed by atoms with E-state index < -0.39 is 0 Å². The predicted octanol–water partition coefficient (Wildman–Crippen LogP) is 1.88. The van der Waals surface area contributed by atoms with Gasteiger partial charge in [-0.25, -0.2) is 0 Å². The van der Waals surface area contributed by atoms with Gasteiger partial charge in [0.2, 0.25) is 0 Å². The Morgan fingerprint density at radius 1 is 1.58 bits per heavy atom. The number of nitrogens with zero attached hydrogens (tertiary/aromatic N) is 1. The van der Waals surface area contributed by atoms with Crippen LogP contribution >= 0.6 is 12.6 Å². The first kappa shape index (κ1) is 10.8. The molecule has 0 fully saturated rings. The van der Waals surface area contributed by atoms with Crippen molar-refractivity contribution in [3.05, 3.63) is 29.2 Å². The second kappa shape index (κ2) is 5.41. The van der Waals surface area contributed by atoms with Crippen LogP contribution in [0.2, 0.25) is 0 Å². The molecule has 0 amide bonds. The summed E-state index contributed by atoms with van der Waals surface area (Å²) in [7, 11) is 0. The molecule has 0 aliphatic carbocycles. The molecule has 0 aliphatic heterocycles. The van der Waals surface area contributed by atoms with Gasteiger partial charge in [-0.1, -0.05) is 6.07 Å². The number of isocyanates is 1. The second-order valence-corrected chi connectivity index (χ2v) is 2.57. The van der Waals surface area contributed by atoms with E-state index >= 15 is 0 Å². The Hall–Kier alpha value is -1.25. The third-order valence-electron chi connectivity index (χ3n) is 1.13. The van der Waals surface area contributed by atoms with Crippen molar-refractivity contribution >= 4 is 18.7 Å². The van der Waals surface area contributed by atoms with Crippen LogP contribution < -0.4 is 0 Å². The zero-order valence-electron chi connectivity index (χ0n) is 6.48. The molecule has 0 aliphatic rings. The Kier molecular flexibility index (Phi) is 4.84. The van der Waals surface area contributed by atoms with Crippen LogP contribution in [0.1, 0.15) is 5.56 Å². The van der Waals surface area contributed by atoms with E-state index in [2.05, 4.69) is 12.6 Å². The van der Waals surface area contributed by atoms with E-state index in [-0.39, 0.29) is 5.75 Å². The van der Waals surface area contributed by atoms with E-state index in [1.165, 1.54) is 0 Å². The first-order chi connectivity index (χ1) is 5.61. The smallest absolute Gasteiger partial charge is 0.128 e. The molecule has 64 valence electrons. The van der Waals surface area contributed by atoms with Crippen LogP contribution in [-0.4, -0.2) is 11.2 Å². The average molecular weight is 182 g/mol. The summed E-state index contributed by atoms with van der Waals surface area (Å²) >= 11 is 4.02. The average Bonchev–Trinajstić information content (AvgIpc) is 1.99. The Bertz CT molecular complexity index is 293. The van der Waals surface area contributed by atoms with Crippen molar-refractivity contribution in [1.29, 1.82) is 0 Å². The molecule has 0 saturated heterocycles. The number of phenolic OH excluding ortho intramolecular Hbond substituents is 1. The Labute approximate surface area is 76.0 Å². The quantitative estimate of drug-likeness (QED) is 0.365. The SMILES string of the molecule is Cc1ccc(O)c(S)c1.[N-]=C=O. The number of thiol groups is 1. The largest absolute Gasteiger partial charge is 0.724 e. The van der Waals surface area contributed by atoms with Crippen molar-refractivity contribution in [2.24, 2.45) is 0 Å². The molecule has 1 N–H and O–H groups in total.